The number of rotatable bonds is 6. The number of benzene rings is 1. The van der Waals surface area contributed by atoms with Crippen LogP contribution in [0.5, 0.6) is 0 Å². The van der Waals surface area contributed by atoms with Gasteiger partial charge in [0.2, 0.25) is 11.8 Å². The summed E-state index contributed by atoms with van der Waals surface area (Å²) in [6.07, 6.45) is 0. The van der Waals surface area contributed by atoms with Gasteiger partial charge in [0.15, 0.2) is 5.13 Å². The number of amides is 2. The lowest BCUT2D eigenvalue weighted by atomic mass is 10.1. The quantitative estimate of drug-likeness (QED) is 0.820. The molecule has 1 N–H and O–H groups in total. The molecule has 0 bridgehead atoms. The maximum Gasteiger partial charge on any atom is 0.236 e. The molecule has 0 saturated carbocycles. The summed E-state index contributed by atoms with van der Waals surface area (Å²) in [6, 6.07) is 8.11. The highest BCUT2D eigenvalue weighted by Crippen LogP contribution is 2.25. The molecule has 138 valence electrons. The zero-order chi connectivity index (χ0) is 18.4. The first-order valence-electron chi connectivity index (χ1n) is 8.37. The van der Waals surface area contributed by atoms with E-state index in [4.69, 9.17) is 4.74 Å². The molecule has 1 aliphatic rings. The standard InChI is InChI=1S/C18H21N3O3S2/c1-13-2-4-14(5-3-13)15-10-26-18(19-15)20-16(22)11-25-12-17(23)21-6-8-24-9-7-21/h2-5,10H,6-9,11-12H2,1H3,(H,19,20,22). The Balaban J connectivity index is 1.43. The maximum absolute atomic E-state index is 12.1. The number of anilines is 1. The van der Waals surface area contributed by atoms with Crippen molar-refractivity contribution in [2.24, 2.45) is 0 Å². The van der Waals surface area contributed by atoms with Crippen LogP contribution in [0.4, 0.5) is 5.13 Å². The second-order valence-corrected chi connectivity index (χ2v) is 7.78. The number of carbonyl (C=O) groups is 2. The van der Waals surface area contributed by atoms with Crippen LogP contribution in [0.2, 0.25) is 0 Å². The molecule has 1 fully saturated rings. The SMILES string of the molecule is Cc1ccc(-c2csc(NC(=O)CSCC(=O)N3CCOCC3)n2)cc1. The van der Waals surface area contributed by atoms with Gasteiger partial charge >= 0.3 is 0 Å². The minimum atomic E-state index is -0.144. The van der Waals surface area contributed by atoms with E-state index in [1.54, 1.807) is 4.90 Å². The molecule has 1 saturated heterocycles. The molecule has 0 unspecified atom stereocenters. The lowest BCUT2D eigenvalue weighted by Crippen LogP contribution is -2.41. The Hall–Kier alpha value is -1.90. The zero-order valence-electron chi connectivity index (χ0n) is 14.6. The maximum atomic E-state index is 12.1. The summed E-state index contributed by atoms with van der Waals surface area (Å²) >= 11 is 2.72. The molecule has 0 atom stereocenters. The average Bonchev–Trinajstić information content (AvgIpc) is 3.11. The van der Waals surface area contributed by atoms with Crippen molar-refractivity contribution in [1.82, 2.24) is 9.88 Å². The molecule has 2 amide bonds. The third-order valence-electron chi connectivity index (χ3n) is 3.92. The first kappa shape index (κ1) is 18.9. The van der Waals surface area contributed by atoms with Crippen molar-refractivity contribution in [3.8, 4) is 11.3 Å². The Morgan fingerprint density at radius 2 is 1.96 bits per heavy atom. The normalized spacial score (nSPS) is 14.3. The van der Waals surface area contributed by atoms with Gasteiger partial charge in [-0.3, -0.25) is 9.59 Å². The Morgan fingerprint density at radius 1 is 1.23 bits per heavy atom. The van der Waals surface area contributed by atoms with E-state index >= 15 is 0 Å². The molecule has 0 aliphatic carbocycles. The summed E-state index contributed by atoms with van der Waals surface area (Å²) in [4.78, 5) is 30.3. The molecular weight excluding hydrogens is 370 g/mol. The summed E-state index contributed by atoms with van der Waals surface area (Å²) in [5, 5.41) is 5.30. The number of ether oxygens (including phenoxy) is 1. The summed E-state index contributed by atoms with van der Waals surface area (Å²) in [7, 11) is 0. The molecule has 3 rings (SSSR count). The van der Waals surface area contributed by atoms with Crippen molar-refractivity contribution >= 4 is 40.0 Å². The highest BCUT2D eigenvalue weighted by atomic mass is 32.2. The highest BCUT2D eigenvalue weighted by molar-refractivity contribution is 8.00. The lowest BCUT2D eigenvalue weighted by molar-refractivity contribution is -0.132. The zero-order valence-corrected chi connectivity index (χ0v) is 16.2. The van der Waals surface area contributed by atoms with E-state index < -0.39 is 0 Å². The molecule has 2 heterocycles. The molecule has 0 radical (unpaired) electrons. The first-order valence-corrected chi connectivity index (χ1v) is 10.4. The van der Waals surface area contributed by atoms with Gasteiger partial charge in [-0.15, -0.1) is 23.1 Å². The van der Waals surface area contributed by atoms with E-state index in [0.717, 1.165) is 11.3 Å². The van der Waals surface area contributed by atoms with Crippen LogP contribution in [0.1, 0.15) is 5.56 Å². The van der Waals surface area contributed by atoms with Crippen molar-refractivity contribution in [1.29, 1.82) is 0 Å². The number of nitrogens with zero attached hydrogens (tertiary/aromatic N) is 2. The Morgan fingerprint density at radius 3 is 2.69 bits per heavy atom. The molecule has 6 nitrogen and oxygen atoms in total. The van der Waals surface area contributed by atoms with Gasteiger partial charge in [0.1, 0.15) is 0 Å². The summed E-state index contributed by atoms with van der Waals surface area (Å²) in [6.45, 7) is 4.48. The average molecular weight is 392 g/mol. The van der Waals surface area contributed by atoms with Gasteiger partial charge in [-0.25, -0.2) is 4.98 Å². The predicted octanol–water partition coefficient (Wildman–Crippen LogP) is 2.65. The Bertz CT molecular complexity index is 755. The molecule has 1 aromatic carbocycles. The summed E-state index contributed by atoms with van der Waals surface area (Å²) in [5.74, 6) is 0.451. The van der Waals surface area contributed by atoms with E-state index in [9.17, 15) is 9.59 Å². The number of carbonyl (C=O) groups excluding carboxylic acids is 2. The third-order valence-corrected chi connectivity index (χ3v) is 5.60. The number of aryl methyl sites for hydroxylation is 1. The van der Waals surface area contributed by atoms with Crippen molar-refractivity contribution in [2.45, 2.75) is 6.92 Å². The Labute approximate surface area is 160 Å². The number of thiazole rings is 1. The van der Waals surface area contributed by atoms with Gasteiger partial charge in [0.25, 0.3) is 0 Å². The van der Waals surface area contributed by atoms with Gasteiger partial charge in [-0.2, -0.15) is 0 Å². The molecule has 26 heavy (non-hydrogen) atoms. The second-order valence-electron chi connectivity index (χ2n) is 5.94. The van der Waals surface area contributed by atoms with Crippen molar-refractivity contribution < 1.29 is 14.3 Å². The molecule has 1 aliphatic heterocycles. The minimum absolute atomic E-state index is 0.0574. The molecule has 1 aromatic heterocycles. The summed E-state index contributed by atoms with van der Waals surface area (Å²) < 4.78 is 5.23. The molecule has 8 heteroatoms. The fraction of sp³-hybridized carbons (Fsp3) is 0.389. The molecule has 0 spiro atoms. The molecule has 2 aromatic rings. The van der Waals surface area contributed by atoms with Crippen LogP contribution in [0.15, 0.2) is 29.6 Å². The molecular formula is C18H21N3O3S2. The van der Waals surface area contributed by atoms with Crippen LogP contribution in [0, 0.1) is 6.92 Å². The van der Waals surface area contributed by atoms with Gasteiger partial charge in [-0.05, 0) is 6.92 Å². The predicted molar refractivity (Wildman–Crippen MR) is 106 cm³/mol. The number of morpholine rings is 1. The van der Waals surface area contributed by atoms with Gasteiger partial charge in [0, 0.05) is 24.0 Å². The van der Waals surface area contributed by atoms with Gasteiger partial charge in [0.05, 0.1) is 30.4 Å². The van der Waals surface area contributed by atoms with E-state index in [1.165, 1.54) is 28.7 Å². The van der Waals surface area contributed by atoms with Crippen LogP contribution in [0.3, 0.4) is 0 Å². The first-order chi connectivity index (χ1) is 12.6. The lowest BCUT2D eigenvalue weighted by Gasteiger charge is -2.26. The number of nitrogens with one attached hydrogen (secondary N) is 1. The topological polar surface area (TPSA) is 71.5 Å². The monoisotopic (exact) mass is 391 g/mol. The van der Waals surface area contributed by atoms with Crippen LogP contribution >= 0.6 is 23.1 Å². The van der Waals surface area contributed by atoms with Crippen molar-refractivity contribution in [3.05, 3.63) is 35.2 Å². The van der Waals surface area contributed by atoms with Crippen molar-refractivity contribution in [3.63, 3.8) is 0 Å². The number of hydrogen-bond acceptors (Lipinski definition) is 6. The third kappa shape index (κ3) is 5.30. The smallest absolute Gasteiger partial charge is 0.236 e. The highest BCUT2D eigenvalue weighted by Gasteiger charge is 2.17. The van der Waals surface area contributed by atoms with E-state index in [-0.39, 0.29) is 17.6 Å². The summed E-state index contributed by atoms with van der Waals surface area (Å²) in [5.41, 5.74) is 3.07. The van der Waals surface area contributed by atoms with Crippen LogP contribution < -0.4 is 5.32 Å². The van der Waals surface area contributed by atoms with Crippen LogP contribution in [-0.2, 0) is 14.3 Å². The van der Waals surface area contributed by atoms with E-state index in [1.807, 2.05) is 36.6 Å². The minimum Gasteiger partial charge on any atom is -0.378 e. The fourth-order valence-electron chi connectivity index (χ4n) is 2.48. The van der Waals surface area contributed by atoms with Crippen LogP contribution in [0.25, 0.3) is 11.3 Å². The van der Waals surface area contributed by atoms with E-state index in [2.05, 4.69) is 10.3 Å². The largest absolute Gasteiger partial charge is 0.378 e. The van der Waals surface area contributed by atoms with E-state index in [0.29, 0.717) is 37.2 Å². The fourth-order valence-corrected chi connectivity index (χ4v) is 3.93. The van der Waals surface area contributed by atoms with Gasteiger partial charge < -0.3 is 15.0 Å². The Kier molecular flexibility index (Phi) is 6.65. The number of thioether (sulfide) groups is 1. The number of hydrogen-bond donors (Lipinski definition) is 1. The van der Waals surface area contributed by atoms with Gasteiger partial charge in [-0.1, -0.05) is 29.8 Å². The van der Waals surface area contributed by atoms with Crippen molar-refractivity contribution in [2.75, 3.05) is 43.1 Å². The second kappa shape index (κ2) is 9.16. The van der Waals surface area contributed by atoms with Crippen LogP contribution in [-0.4, -0.2) is 59.5 Å². The number of aromatic nitrogens is 1.